The maximum Gasteiger partial charge on any atom is 0.306 e. The van der Waals surface area contributed by atoms with E-state index in [0.29, 0.717) is 12.8 Å². The Morgan fingerprint density at radius 3 is 2.25 bits per heavy atom. The maximum absolute atomic E-state index is 12.9. The van der Waals surface area contributed by atoms with Crippen molar-refractivity contribution in [3.8, 4) is 0 Å². The molecule has 1 atom stereocenters. The fourth-order valence-corrected chi connectivity index (χ4v) is 2.59. The molecule has 24 heavy (non-hydrogen) atoms. The third kappa shape index (κ3) is 4.31. The van der Waals surface area contributed by atoms with Crippen LogP contribution in [0.25, 0.3) is 0 Å². The molecular formula is C17H21FN2O4. The molecule has 130 valence electrons. The summed E-state index contributed by atoms with van der Waals surface area (Å²) in [7, 11) is 0. The lowest BCUT2D eigenvalue weighted by Crippen LogP contribution is -2.55. The molecule has 1 fully saturated rings. The molecule has 0 aromatic heterocycles. The van der Waals surface area contributed by atoms with Gasteiger partial charge in [0.05, 0.1) is 5.92 Å². The second-order valence-corrected chi connectivity index (χ2v) is 6.41. The minimum absolute atomic E-state index is 0.148. The second kappa shape index (κ2) is 7.42. The Bertz CT molecular complexity index is 624. The number of carbonyl (C=O) groups is 3. The average Bonchev–Trinajstić information content (AvgIpc) is 2.47. The first-order chi connectivity index (χ1) is 11.3. The van der Waals surface area contributed by atoms with Crippen molar-refractivity contribution in [3.63, 3.8) is 0 Å². The Morgan fingerprint density at radius 1 is 1.17 bits per heavy atom. The molecule has 6 nitrogen and oxygen atoms in total. The van der Waals surface area contributed by atoms with Gasteiger partial charge in [-0.25, -0.2) is 4.39 Å². The summed E-state index contributed by atoms with van der Waals surface area (Å²) < 4.78 is 12.9. The normalized spacial score (nSPS) is 20.8. The molecule has 0 saturated heterocycles. The predicted octanol–water partition coefficient (Wildman–Crippen LogP) is 1.56. The summed E-state index contributed by atoms with van der Waals surface area (Å²) in [5.41, 5.74) is 0.268. The zero-order valence-electron chi connectivity index (χ0n) is 13.6. The fourth-order valence-electron chi connectivity index (χ4n) is 2.59. The van der Waals surface area contributed by atoms with Crippen LogP contribution in [-0.2, 0) is 9.59 Å². The average molecular weight is 336 g/mol. The zero-order chi connectivity index (χ0) is 17.9. The van der Waals surface area contributed by atoms with Gasteiger partial charge in [-0.3, -0.25) is 14.4 Å². The SMILES string of the molecule is CC(C)C(NC(=O)c1ccc(F)cc1)C(=O)NC1CC(C(=O)O)C1. The van der Waals surface area contributed by atoms with Gasteiger partial charge in [-0.15, -0.1) is 0 Å². The van der Waals surface area contributed by atoms with Crippen molar-refractivity contribution >= 4 is 17.8 Å². The first-order valence-electron chi connectivity index (χ1n) is 7.87. The monoisotopic (exact) mass is 336 g/mol. The van der Waals surface area contributed by atoms with E-state index in [1.54, 1.807) is 13.8 Å². The van der Waals surface area contributed by atoms with Crippen LogP contribution < -0.4 is 10.6 Å². The van der Waals surface area contributed by atoms with Crippen molar-refractivity contribution in [1.29, 1.82) is 0 Å². The molecule has 0 radical (unpaired) electrons. The van der Waals surface area contributed by atoms with Gasteiger partial charge in [-0.2, -0.15) is 0 Å². The summed E-state index contributed by atoms with van der Waals surface area (Å²) >= 11 is 0. The highest BCUT2D eigenvalue weighted by molar-refractivity contribution is 5.97. The summed E-state index contributed by atoms with van der Waals surface area (Å²) in [6.07, 6.45) is 0.801. The second-order valence-electron chi connectivity index (χ2n) is 6.41. The molecule has 1 aliphatic rings. The molecule has 0 aliphatic heterocycles. The van der Waals surface area contributed by atoms with Crippen LogP contribution in [-0.4, -0.2) is 35.0 Å². The summed E-state index contributed by atoms with van der Waals surface area (Å²) in [6.45, 7) is 3.60. The molecule has 3 N–H and O–H groups in total. The number of halogens is 1. The van der Waals surface area contributed by atoms with Crippen molar-refractivity contribution in [2.24, 2.45) is 11.8 Å². The number of amides is 2. The van der Waals surface area contributed by atoms with Gasteiger partial charge in [-0.05, 0) is 43.0 Å². The highest BCUT2D eigenvalue weighted by Crippen LogP contribution is 2.27. The Balaban J connectivity index is 1.94. The van der Waals surface area contributed by atoms with Crippen LogP contribution >= 0.6 is 0 Å². The molecule has 1 aromatic rings. The molecule has 1 aliphatic carbocycles. The van der Waals surface area contributed by atoms with E-state index >= 15 is 0 Å². The quantitative estimate of drug-likeness (QED) is 0.734. The number of carbonyl (C=O) groups excluding carboxylic acids is 2. The lowest BCUT2D eigenvalue weighted by atomic mass is 9.80. The van der Waals surface area contributed by atoms with E-state index in [1.807, 2.05) is 0 Å². The molecule has 2 amide bonds. The number of carboxylic acid groups (broad SMARTS) is 1. The number of hydrogen-bond acceptors (Lipinski definition) is 3. The minimum atomic E-state index is -0.856. The Kier molecular flexibility index (Phi) is 5.54. The standard InChI is InChI=1S/C17H21FN2O4/c1-9(2)14(16(22)19-13-7-11(8-13)17(23)24)20-15(21)10-3-5-12(18)6-4-10/h3-6,9,11,13-14H,7-8H2,1-2H3,(H,19,22)(H,20,21)(H,23,24). The summed E-state index contributed by atoms with van der Waals surface area (Å²) in [5, 5.41) is 14.3. The van der Waals surface area contributed by atoms with E-state index in [-0.39, 0.29) is 23.4 Å². The third-order valence-corrected chi connectivity index (χ3v) is 4.18. The number of hydrogen-bond donors (Lipinski definition) is 3. The van der Waals surface area contributed by atoms with E-state index < -0.39 is 29.7 Å². The van der Waals surface area contributed by atoms with Crippen molar-refractivity contribution in [3.05, 3.63) is 35.6 Å². The van der Waals surface area contributed by atoms with Crippen LogP contribution in [0.1, 0.15) is 37.0 Å². The van der Waals surface area contributed by atoms with Gasteiger partial charge in [0.2, 0.25) is 5.91 Å². The Hall–Kier alpha value is -2.44. The Labute approximate surface area is 139 Å². The minimum Gasteiger partial charge on any atom is -0.481 e. The lowest BCUT2D eigenvalue weighted by Gasteiger charge is -2.34. The third-order valence-electron chi connectivity index (χ3n) is 4.18. The highest BCUT2D eigenvalue weighted by Gasteiger charge is 2.37. The molecular weight excluding hydrogens is 315 g/mol. The van der Waals surface area contributed by atoms with Gasteiger partial charge < -0.3 is 15.7 Å². The number of nitrogens with one attached hydrogen (secondary N) is 2. The molecule has 0 spiro atoms. The summed E-state index contributed by atoms with van der Waals surface area (Å²) in [5.74, 6) is -2.66. The van der Waals surface area contributed by atoms with Gasteiger partial charge in [-0.1, -0.05) is 13.8 Å². The maximum atomic E-state index is 12.9. The smallest absolute Gasteiger partial charge is 0.306 e. The van der Waals surface area contributed by atoms with Crippen LogP contribution in [0.5, 0.6) is 0 Å². The number of rotatable bonds is 6. The summed E-state index contributed by atoms with van der Waals surface area (Å²) in [4.78, 5) is 35.3. The van der Waals surface area contributed by atoms with Gasteiger partial charge in [0, 0.05) is 11.6 Å². The van der Waals surface area contributed by atoms with Gasteiger partial charge in [0.25, 0.3) is 5.91 Å². The van der Waals surface area contributed by atoms with E-state index in [1.165, 1.54) is 24.3 Å². The van der Waals surface area contributed by atoms with Gasteiger partial charge >= 0.3 is 5.97 Å². The van der Waals surface area contributed by atoms with Gasteiger partial charge in [0.1, 0.15) is 11.9 Å². The Morgan fingerprint density at radius 2 is 1.75 bits per heavy atom. The highest BCUT2D eigenvalue weighted by atomic mass is 19.1. The molecule has 7 heteroatoms. The van der Waals surface area contributed by atoms with Crippen molar-refractivity contribution in [2.75, 3.05) is 0 Å². The first kappa shape index (κ1) is 17.9. The largest absolute Gasteiger partial charge is 0.481 e. The van der Waals surface area contributed by atoms with E-state index in [4.69, 9.17) is 5.11 Å². The lowest BCUT2D eigenvalue weighted by molar-refractivity contribution is -0.146. The van der Waals surface area contributed by atoms with Crippen molar-refractivity contribution in [2.45, 2.75) is 38.8 Å². The van der Waals surface area contributed by atoms with E-state index in [0.717, 1.165) is 0 Å². The number of carboxylic acids is 1. The van der Waals surface area contributed by atoms with E-state index in [2.05, 4.69) is 10.6 Å². The van der Waals surface area contributed by atoms with Crippen molar-refractivity contribution in [1.82, 2.24) is 10.6 Å². The zero-order valence-corrected chi connectivity index (χ0v) is 13.6. The van der Waals surface area contributed by atoms with Crippen LogP contribution in [0.3, 0.4) is 0 Å². The predicted molar refractivity (Wildman–Crippen MR) is 84.8 cm³/mol. The van der Waals surface area contributed by atoms with E-state index in [9.17, 15) is 18.8 Å². The number of benzene rings is 1. The van der Waals surface area contributed by atoms with Crippen LogP contribution in [0.4, 0.5) is 4.39 Å². The summed E-state index contributed by atoms with van der Waals surface area (Å²) in [6, 6.07) is 4.14. The molecule has 1 unspecified atom stereocenters. The first-order valence-corrected chi connectivity index (χ1v) is 7.87. The number of aliphatic carboxylic acids is 1. The molecule has 2 rings (SSSR count). The van der Waals surface area contributed by atoms with Crippen LogP contribution in [0.15, 0.2) is 24.3 Å². The molecule has 0 heterocycles. The molecule has 1 aromatic carbocycles. The fraction of sp³-hybridized carbons (Fsp3) is 0.471. The molecule has 1 saturated carbocycles. The topological polar surface area (TPSA) is 95.5 Å². The van der Waals surface area contributed by atoms with Gasteiger partial charge in [0.15, 0.2) is 0 Å². The van der Waals surface area contributed by atoms with Crippen LogP contribution in [0.2, 0.25) is 0 Å². The van der Waals surface area contributed by atoms with Crippen molar-refractivity contribution < 1.29 is 23.9 Å². The molecule has 0 bridgehead atoms. The van der Waals surface area contributed by atoms with Crippen LogP contribution in [0, 0.1) is 17.7 Å².